The molecule has 0 aromatic heterocycles. The van der Waals surface area contributed by atoms with Gasteiger partial charge in [0.1, 0.15) is 0 Å². The maximum atomic E-state index is 11.5. The molecule has 1 aromatic rings. The van der Waals surface area contributed by atoms with Gasteiger partial charge in [-0.2, -0.15) is 11.8 Å². The van der Waals surface area contributed by atoms with Crippen molar-refractivity contribution in [2.75, 3.05) is 12.0 Å². The van der Waals surface area contributed by atoms with E-state index in [0.29, 0.717) is 6.42 Å². The molecule has 0 fully saturated rings. The molecule has 0 bridgehead atoms. The van der Waals surface area contributed by atoms with Crippen molar-refractivity contribution in [3.63, 3.8) is 0 Å². The number of carbonyl (C=O) groups is 1. The molecule has 3 heteroatoms. The van der Waals surface area contributed by atoms with E-state index < -0.39 is 0 Å². The summed E-state index contributed by atoms with van der Waals surface area (Å²) in [6, 6.07) is 7.73. The van der Waals surface area contributed by atoms with Crippen molar-refractivity contribution in [2.24, 2.45) is 0 Å². The van der Waals surface area contributed by atoms with Crippen molar-refractivity contribution < 1.29 is 4.79 Å². The number of thioether (sulfide) groups is 1. The van der Waals surface area contributed by atoms with Crippen LogP contribution in [-0.2, 0) is 0 Å². The van der Waals surface area contributed by atoms with Crippen molar-refractivity contribution in [3.05, 3.63) is 33.4 Å². The van der Waals surface area contributed by atoms with Crippen LogP contribution in [0.1, 0.15) is 16.8 Å². The first kappa shape index (κ1) is 11.0. The van der Waals surface area contributed by atoms with Crippen LogP contribution in [0.5, 0.6) is 0 Å². The van der Waals surface area contributed by atoms with Crippen molar-refractivity contribution in [2.45, 2.75) is 6.42 Å². The summed E-state index contributed by atoms with van der Waals surface area (Å²) in [7, 11) is 0. The molecule has 1 aromatic carbocycles. The molecule has 0 spiro atoms. The molecular weight excluding hydrogens is 295 g/mol. The van der Waals surface area contributed by atoms with Gasteiger partial charge in [0, 0.05) is 21.3 Å². The van der Waals surface area contributed by atoms with E-state index in [1.165, 1.54) is 0 Å². The molecule has 1 rings (SSSR count). The Balaban J connectivity index is 2.66. The minimum Gasteiger partial charge on any atom is -0.294 e. The first-order valence-electron chi connectivity index (χ1n) is 4.01. The minimum atomic E-state index is 0.243. The van der Waals surface area contributed by atoms with Crippen molar-refractivity contribution in [1.29, 1.82) is 0 Å². The van der Waals surface area contributed by atoms with E-state index in [2.05, 4.69) is 22.6 Å². The van der Waals surface area contributed by atoms with E-state index in [-0.39, 0.29) is 5.78 Å². The van der Waals surface area contributed by atoms with Crippen LogP contribution in [0, 0.1) is 3.57 Å². The largest absolute Gasteiger partial charge is 0.294 e. The van der Waals surface area contributed by atoms with Crippen LogP contribution in [0.3, 0.4) is 0 Å². The molecule has 0 amide bonds. The fourth-order valence-corrected chi connectivity index (χ4v) is 1.93. The number of Topliss-reactive ketones (excluding diaryl/α,β-unsaturated/α-hetero) is 1. The molecule has 13 heavy (non-hydrogen) atoms. The molecule has 0 aliphatic heterocycles. The lowest BCUT2D eigenvalue weighted by molar-refractivity contribution is 0.0989. The average Bonchev–Trinajstić information content (AvgIpc) is 2.14. The molecular formula is C10H11IOS. The van der Waals surface area contributed by atoms with Gasteiger partial charge in [0.05, 0.1) is 0 Å². The molecule has 70 valence electrons. The standard InChI is InChI=1S/C10H11IOS/c1-13-6-5-10(12)8-3-2-4-9(11)7-8/h2-4,7H,5-6H2,1H3. The number of carbonyl (C=O) groups excluding carboxylic acids is 1. The van der Waals surface area contributed by atoms with Gasteiger partial charge in [-0.3, -0.25) is 4.79 Å². The Bertz CT molecular complexity index is 299. The zero-order valence-electron chi connectivity index (χ0n) is 7.42. The van der Waals surface area contributed by atoms with E-state index in [4.69, 9.17) is 0 Å². The van der Waals surface area contributed by atoms with Crippen molar-refractivity contribution in [1.82, 2.24) is 0 Å². The number of ketones is 1. The fraction of sp³-hybridized carbons (Fsp3) is 0.300. The molecule has 0 atom stereocenters. The van der Waals surface area contributed by atoms with Crippen LogP contribution >= 0.6 is 34.4 Å². The highest BCUT2D eigenvalue weighted by molar-refractivity contribution is 14.1. The number of hydrogen-bond donors (Lipinski definition) is 0. The lowest BCUT2D eigenvalue weighted by Gasteiger charge is -1.99. The molecule has 0 aliphatic rings. The predicted molar refractivity (Wildman–Crippen MR) is 66.5 cm³/mol. The zero-order chi connectivity index (χ0) is 9.68. The second-order valence-corrected chi connectivity index (χ2v) is 4.91. The number of hydrogen-bond acceptors (Lipinski definition) is 2. The summed E-state index contributed by atoms with van der Waals surface area (Å²) in [6.07, 6.45) is 2.66. The van der Waals surface area contributed by atoms with Crippen molar-refractivity contribution in [3.8, 4) is 0 Å². The molecule has 0 saturated carbocycles. The van der Waals surface area contributed by atoms with E-state index in [1.807, 2.05) is 30.5 Å². The fourth-order valence-electron chi connectivity index (χ4n) is 1.00. The Labute approximate surface area is 96.4 Å². The highest BCUT2D eigenvalue weighted by atomic mass is 127. The third-order valence-corrected chi connectivity index (χ3v) is 2.96. The summed E-state index contributed by atoms with van der Waals surface area (Å²) >= 11 is 3.93. The summed E-state index contributed by atoms with van der Waals surface area (Å²) < 4.78 is 1.12. The van der Waals surface area contributed by atoms with E-state index in [1.54, 1.807) is 11.8 Å². The first-order valence-corrected chi connectivity index (χ1v) is 6.49. The Morgan fingerprint density at radius 2 is 2.31 bits per heavy atom. The number of benzene rings is 1. The van der Waals surface area contributed by atoms with E-state index >= 15 is 0 Å². The first-order chi connectivity index (χ1) is 6.24. The second kappa shape index (κ2) is 5.65. The topological polar surface area (TPSA) is 17.1 Å². The van der Waals surface area contributed by atoms with Gasteiger partial charge in [0.25, 0.3) is 0 Å². The smallest absolute Gasteiger partial charge is 0.163 e. The monoisotopic (exact) mass is 306 g/mol. The van der Waals surface area contributed by atoms with Crippen molar-refractivity contribution >= 4 is 40.1 Å². The van der Waals surface area contributed by atoms with Gasteiger partial charge in [0.2, 0.25) is 0 Å². The molecule has 0 N–H and O–H groups in total. The van der Waals surface area contributed by atoms with E-state index in [9.17, 15) is 4.79 Å². The lowest BCUT2D eigenvalue weighted by atomic mass is 10.1. The Morgan fingerprint density at radius 3 is 2.92 bits per heavy atom. The Kier molecular flexibility index (Phi) is 4.80. The summed E-state index contributed by atoms with van der Waals surface area (Å²) in [5, 5.41) is 0. The van der Waals surface area contributed by atoms with Gasteiger partial charge in [0.15, 0.2) is 5.78 Å². The maximum Gasteiger partial charge on any atom is 0.163 e. The lowest BCUT2D eigenvalue weighted by Crippen LogP contribution is -2.00. The van der Waals surface area contributed by atoms with Crippen LogP contribution in [0.15, 0.2) is 24.3 Å². The SMILES string of the molecule is CSCCC(=O)c1cccc(I)c1. The summed E-state index contributed by atoms with van der Waals surface area (Å²) in [6.45, 7) is 0. The predicted octanol–water partition coefficient (Wildman–Crippen LogP) is 3.23. The number of rotatable bonds is 4. The van der Waals surface area contributed by atoms with Crippen LogP contribution in [-0.4, -0.2) is 17.8 Å². The Morgan fingerprint density at radius 1 is 1.54 bits per heavy atom. The minimum absolute atomic E-state index is 0.243. The van der Waals surface area contributed by atoms with Crippen LogP contribution in [0.4, 0.5) is 0 Å². The highest BCUT2D eigenvalue weighted by Gasteiger charge is 2.04. The van der Waals surface area contributed by atoms with Crippen LogP contribution in [0.25, 0.3) is 0 Å². The molecule has 0 radical (unpaired) electrons. The third kappa shape index (κ3) is 3.68. The average molecular weight is 306 g/mol. The maximum absolute atomic E-state index is 11.5. The van der Waals surface area contributed by atoms with Gasteiger partial charge in [-0.15, -0.1) is 0 Å². The van der Waals surface area contributed by atoms with Gasteiger partial charge in [-0.25, -0.2) is 0 Å². The zero-order valence-corrected chi connectivity index (χ0v) is 10.4. The van der Waals surface area contributed by atoms with Gasteiger partial charge in [-0.1, -0.05) is 12.1 Å². The Hall–Kier alpha value is -0.0300. The third-order valence-electron chi connectivity index (χ3n) is 1.68. The summed E-state index contributed by atoms with van der Waals surface area (Å²) in [5.41, 5.74) is 0.834. The summed E-state index contributed by atoms with van der Waals surface area (Å²) in [5.74, 6) is 1.15. The molecule has 0 heterocycles. The van der Waals surface area contributed by atoms with E-state index in [0.717, 1.165) is 14.9 Å². The molecule has 1 nitrogen and oxygen atoms in total. The van der Waals surface area contributed by atoms with Crippen LogP contribution in [0.2, 0.25) is 0 Å². The highest BCUT2D eigenvalue weighted by Crippen LogP contribution is 2.10. The quantitative estimate of drug-likeness (QED) is 0.627. The molecule has 0 unspecified atom stereocenters. The van der Waals surface area contributed by atoms with Gasteiger partial charge >= 0.3 is 0 Å². The number of halogens is 1. The van der Waals surface area contributed by atoms with Gasteiger partial charge in [-0.05, 0) is 41.0 Å². The molecule has 0 aliphatic carbocycles. The van der Waals surface area contributed by atoms with Gasteiger partial charge < -0.3 is 0 Å². The molecule has 0 saturated heterocycles. The normalized spacial score (nSPS) is 10.0. The summed E-state index contributed by atoms with van der Waals surface area (Å²) in [4.78, 5) is 11.5. The second-order valence-electron chi connectivity index (χ2n) is 2.68. The van der Waals surface area contributed by atoms with Crippen LogP contribution < -0.4 is 0 Å².